The minimum absolute atomic E-state index is 0.0948. The summed E-state index contributed by atoms with van der Waals surface area (Å²) in [6.07, 6.45) is 0.343. The first-order valence-electron chi connectivity index (χ1n) is 7.82. The quantitative estimate of drug-likeness (QED) is 0.871. The number of nitrogens with one attached hydrogen (secondary N) is 1. The summed E-state index contributed by atoms with van der Waals surface area (Å²) in [5.41, 5.74) is 1.28. The van der Waals surface area contributed by atoms with Crippen LogP contribution < -0.4 is 10.1 Å². The minimum Gasteiger partial charge on any atom is -0.491 e. The van der Waals surface area contributed by atoms with Crippen molar-refractivity contribution >= 4 is 11.9 Å². The lowest BCUT2D eigenvalue weighted by molar-refractivity contribution is -0.144. The first kappa shape index (κ1) is 15.6. The van der Waals surface area contributed by atoms with E-state index in [1.165, 1.54) is 0 Å². The second-order valence-electron chi connectivity index (χ2n) is 6.73. The van der Waals surface area contributed by atoms with Crippen molar-refractivity contribution in [1.82, 2.24) is 5.32 Å². The van der Waals surface area contributed by atoms with Gasteiger partial charge in [0.25, 0.3) is 0 Å². The predicted molar refractivity (Wildman–Crippen MR) is 84.9 cm³/mol. The summed E-state index contributed by atoms with van der Waals surface area (Å²) in [6.45, 7) is 7.51. The second-order valence-corrected chi connectivity index (χ2v) is 6.73. The van der Waals surface area contributed by atoms with E-state index in [1.54, 1.807) is 13.8 Å². The van der Waals surface area contributed by atoms with Crippen LogP contribution in [-0.4, -0.2) is 23.6 Å². The number of cyclic esters (lactones) is 1. The summed E-state index contributed by atoms with van der Waals surface area (Å²) in [5.74, 6) is 0.0498. The molecule has 0 saturated heterocycles. The van der Waals surface area contributed by atoms with Gasteiger partial charge in [-0.1, -0.05) is 12.1 Å². The normalized spacial score (nSPS) is 22.7. The van der Waals surface area contributed by atoms with Crippen molar-refractivity contribution < 1.29 is 19.1 Å². The summed E-state index contributed by atoms with van der Waals surface area (Å²) in [7, 11) is 0. The summed E-state index contributed by atoms with van der Waals surface area (Å²) >= 11 is 0. The zero-order chi connectivity index (χ0) is 16.8. The third-order valence-corrected chi connectivity index (χ3v) is 4.10. The minimum atomic E-state index is -0.790. The van der Waals surface area contributed by atoms with E-state index in [0.29, 0.717) is 11.3 Å². The third kappa shape index (κ3) is 2.83. The van der Waals surface area contributed by atoms with Crippen molar-refractivity contribution in [3.8, 4) is 5.75 Å². The molecular weight excluding hydrogens is 294 g/mol. The van der Waals surface area contributed by atoms with Gasteiger partial charge in [-0.3, -0.25) is 4.79 Å². The van der Waals surface area contributed by atoms with Crippen LogP contribution in [-0.2, 0) is 14.3 Å². The maximum atomic E-state index is 12.3. The zero-order valence-electron chi connectivity index (χ0n) is 13.8. The topological polar surface area (TPSA) is 64.6 Å². The number of carbonyl (C=O) groups is 2. The number of ether oxygens (including phenoxy) is 2. The lowest BCUT2D eigenvalue weighted by Crippen LogP contribution is -2.38. The van der Waals surface area contributed by atoms with Crippen LogP contribution in [0.5, 0.6) is 5.75 Å². The zero-order valence-corrected chi connectivity index (χ0v) is 13.8. The van der Waals surface area contributed by atoms with Gasteiger partial charge in [-0.05, 0) is 45.4 Å². The Balaban J connectivity index is 1.97. The van der Waals surface area contributed by atoms with Gasteiger partial charge in [0.15, 0.2) is 0 Å². The molecule has 1 unspecified atom stereocenters. The highest BCUT2D eigenvalue weighted by atomic mass is 16.6. The number of carbonyl (C=O) groups excluding carboxylic acids is 2. The SMILES string of the molecule is CC(C)Oc1ccc(C2CC(=O)NC3=C2C(=O)OC3(C)C)cc1. The van der Waals surface area contributed by atoms with Gasteiger partial charge >= 0.3 is 5.97 Å². The van der Waals surface area contributed by atoms with E-state index >= 15 is 0 Å². The third-order valence-electron chi connectivity index (χ3n) is 4.10. The van der Waals surface area contributed by atoms with Gasteiger partial charge in [0.2, 0.25) is 5.91 Å². The van der Waals surface area contributed by atoms with Crippen LogP contribution in [0.25, 0.3) is 0 Å². The van der Waals surface area contributed by atoms with Crippen LogP contribution in [0.1, 0.15) is 45.6 Å². The Morgan fingerprint density at radius 1 is 1.22 bits per heavy atom. The smallest absolute Gasteiger partial charge is 0.337 e. The van der Waals surface area contributed by atoms with Gasteiger partial charge < -0.3 is 14.8 Å². The first-order valence-corrected chi connectivity index (χ1v) is 7.82. The molecule has 5 nitrogen and oxygen atoms in total. The number of esters is 1. The fraction of sp³-hybridized carbons (Fsp3) is 0.444. The molecule has 1 aromatic rings. The Bertz CT molecular complexity index is 685. The van der Waals surface area contributed by atoms with E-state index in [2.05, 4.69) is 5.32 Å². The average molecular weight is 315 g/mol. The molecule has 0 aliphatic carbocycles. The standard InChI is InChI=1S/C18H21NO4/c1-10(2)22-12-7-5-11(6-8-12)13-9-14(20)19-16-15(13)17(21)23-18(16,3)4/h5-8,10,13H,9H2,1-4H3,(H,19,20). The van der Waals surface area contributed by atoms with Crippen LogP contribution in [0, 0.1) is 0 Å². The summed E-state index contributed by atoms with van der Waals surface area (Å²) < 4.78 is 11.1. The molecule has 0 saturated carbocycles. The second kappa shape index (κ2) is 5.41. The van der Waals surface area contributed by atoms with Crippen LogP contribution in [0.2, 0.25) is 0 Å². The number of hydrogen-bond donors (Lipinski definition) is 1. The highest BCUT2D eigenvalue weighted by Gasteiger charge is 2.47. The molecular formula is C18H21NO4. The molecule has 0 aromatic heterocycles. The summed E-state index contributed by atoms with van der Waals surface area (Å²) in [4.78, 5) is 24.3. The highest BCUT2D eigenvalue weighted by molar-refractivity contribution is 5.99. The Morgan fingerprint density at radius 2 is 1.87 bits per heavy atom. The van der Waals surface area contributed by atoms with Crippen molar-refractivity contribution in [2.45, 2.75) is 51.7 Å². The van der Waals surface area contributed by atoms with Crippen LogP contribution >= 0.6 is 0 Å². The summed E-state index contributed by atoms with van der Waals surface area (Å²) in [5, 5.41) is 2.81. The largest absolute Gasteiger partial charge is 0.491 e. The fourth-order valence-electron chi connectivity index (χ4n) is 3.11. The van der Waals surface area contributed by atoms with Gasteiger partial charge in [-0.25, -0.2) is 4.79 Å². The molecule has 1 aromatic carbocycles. The molecule has 1 N–H and O–H groups in total. The molecule has 122 valence electrons. The molecule has 1 amide bonds. The van der Waals surface area contributed by atoms with Gasteiger partial charge in [0.05, 0.1) is 17.4 Å². The molecule has 0 radical (unpaired) electrons. The molecule has 0 bridgehead atoms. The molecule has 2 aliphatic heterocycles. The monoisotopic (exact) mass is 315 g/mol. The Labute approximate surface area is 135 Å². The Morgan fingerprint density at radius 3 is 2.48 bits per heavy atom. The number of amides is 1. The van der Waals surface area contributed by atoms with Gasteiger partial charge in [-0.15, -0.1) is 0 Å². The molecule has 0 fully saturated rings. The Kier molecular flexibility index (Phi) is 3.66. The van der Waals surface area contributed by atoms with E-state index in [-0.39, 0.29) is 30.3 Å². The fourth-order valence-corrected chi connectivity index (χ4v) is 3.11. The lowest BCUT2D eigenvalue weighted by Gasteiger charge is -2.27. The van der Waals surface area contributed by atoms with Crippen molar-refractivity contribution in [1.29, 1.82) is 0 Å². The van der Waals surface area contributed by atoms with E-state index in [4.69, 9.17) is 9.47 Å². The van der Waals surface area contributed by atoms with Crippen molar-refractivity contribution in [2.24, 2.45) is 0 Å². The van der Waals surface area contributed by atoms with Crippen molar-refractivity contribution in [2.75, 3.05) is 0 Å². The van der Waals surface area contributed by atoms with Crippen molar-refractivity contribution in [3.63, 3.8) is 0 Å². The number of hydrogen-bond acceptors (Lipinski definition) is 4. The maximum Gasteiger partial charge on any atom is 0.337 e. The van der Waals surface area contributed by atoms with E-state index in [9.17, 15) is 9.59 Å². The predicted octanol–water partition coefficient (Wildman–Crippen LogP) is 2.67. The molecule has 2 heterocycles. The van der Waals surface area contributed by atoms with Gasteiger partial charge in [-0.2, -0.15) is 0 Å². The van der Waals surface area contributed by atoms with Crippen LogP contribution in [0.4, 0.5) is 0 Å². The van der Waals surface area contributed by atoms with E-state index in [0.717, 1.165) is 11.3 Å². The maximum absolute atomic E-state index is 12.3. The van der Waals surface area contributed by atoms with Crippen LogP contribution in [0.3, 0.4) is 0 Å². The highest BCUT2D eigenvalue weighted by Crippen LogP contribution is 2.42. The molecule has 23 heavy (non-hydrogen) atoms. The Hall–Kier alpha value is -2.30. The van der Waals surface area contributed by atoms with E-state index < -0.39 is 5.60 Å². The molecule has 5 heteroatoms. The first-order chi connectivity index (χ1) is 10.8. The van der Waals surface area contributed by atoms with E-state index in [1.807, 2.05) is 38.1 Å². The lowest BCUT2D eigenvalue weighted by atomic mass is 9.83. The molecule has 3 rings (SSSR count). The van der Waals surface area contributed by atoms with Gasteiger partial charge in [0.1, 0.15) is 11.4 Å². The van der Waals surface area contributed by atoms with Crippen molar-refractivity contribution in [3.05, 3.63) is 41.1 Å². The summed E-state index contributed by atoms with van der Waals surface area (Å²) in [6, 6.07) is 7.55. The molecule has 2 aliphatic rings. The molecule has 0 spiro atoms. The van der Waals surface area contributed by atoms with Crippen LogP contribution in [0.15, 0.2) is 35.5 Å². The average Bonchev–Trinajstić information content (AvgIpc) is 2.68. The van der Waals surface area contributed by atoms with Gasteiger partial charge in [0, 0.05) is 12.3 Å². The number of rotatable bonds is 3. The number of benzene rings is 1. The molecule has 1 atom stereocenters.